The number of fused-ring (bicyclic) bond motifs is 1. The lowest BCUT2D eigenvalue weighted by Gasteiger charge is -2.22. The van der Waals surface area contributed by atoms with Gasteiger partial charge in [0.2, 0.25) is 0 Å². The third-order valence-electron chi connectivity index (χ3n) is 4.21. The zero-order valence-corrected chi connectivity index (χ0v) is 12.2. The minimum absolute atomic E-state index is 0.144. The molecule has 4 N–H and O–H groups in total. The Morgan fingerprint density at radius 3 is 3.24 bits per heavy atom. The van der Waals surface area contributed by atoms with Gasteiger partial charge < -0.3 is 11.1 Å². The first kappa shape index (κ1) is 13.9. The quantitative estimate of drug-likeness (QED) is 0.741. The summed E-state index contributed by atoms with van der Waals surface area (Å²) in [5.41, 5.74) is 7.65. The number of hydrogen-bond acceptors (Lipinski definition) is 4. The molecule has 3 rings (SSSR count). The Balaban J connectivity index is 1.71. The highest BCUT2D eigenvalue weighted by atomic mass is 16.1. The molecule has 1 atom stereocenters. The van der Waals surface area contributed by atoms with E-state index in [-0.39, 0.29) is 5.91 Å². The largest absolute Gasteiger partial charge is 0.399 e. The number of amides is 1. The predicted molar refractivity (Wildman–Crippen MR) is 83.1 cm³/mol. The Labute approximate surface area is 123 Å². The molecule has 1 amide bonds. The van der Waals surface area contributed by atoms with Gasteiger partial charge in [0.15, 0.2) is 5.69 Å². The van der Waals surface area contributed by atoms with Crippen molar-refractivity contribution in [1.82, 2.24) is 20.4 Å². The van der Waals surface area contributed by atoms with E-state index in [9.17, 15) is 4.79 Å². The van der Waals surface area contributed by atoms with Crippen LogP contribution in [0.5, 0.6) is 0 Å². The van der Waals surface area contributed by atoms with Crippen LogP contribution in [0.15, 0.2) is 18.2 Å². The molecule has 1 aromatic heterocycles. The summed E-state index contributed by atoms with van der Waals surface area (Å²) in [5.74, 6) is -0.144. The molecule has 112 valence electrons. The maximum absolute atomic E-state index is 12.3. The molecule has 1 saturated heterocycles. The summed E-state index contributed by atoms with van der Waals surface area (Å²) < 4.78 is 0. The molecule has 0 spiro atoms. The maximum atomic E-state index is 12.3. The van der Waals surface area contributed by atoms with Gasteiger partial charge in [0.25, 0.3) is 5.91 Å². The molecular formula is C15H21N5O. The Morgan fingerprint density at radius 2 is 2.43 bits per heavy atom. The number of carbonyl (C=O) groups excluding carboxylic acids is 1. The van der Waals surface area contributed by atoms with Gasteiger partial charge in [0.05, 0.1) is 5.52 Å². The van der Waals surface area contributed by atoms with Crippen LogP contribution in [0, 0.1) is 0 Å². The highest BCUT2D eigenvalue weighted by Gasteiger charge is 2.24. The zero-order valence-electron chi connectivity index (χ0n) is 12.2. The number of H-pyrrole nitrogens is 1. The molecule has 1 aliphatic heterocycles. The molecule has 1 fully saturated rings. The molecule has 0 bridgehead atoms. The molecule has 6 heteroatoms. The molecule has 2 aromatic rings. The summed E-state index contributed by atoms with van der Waals surface area (Å²) in [6.45, 7) is 4.98. The number of likely N-dealkylation sites (N-methyl/N-ethyl adjacent to an activating group) is 1. The van der Waals surface area contributed by atoms with Gasteiger partial charge in [0, 0.05) is 23.7 Å². The van der Waals surface area contributed by atoms with Crippen LogP contribution in [-0.4, -0.2) is 46.7 Å². The highest BCUT2D eigenvalue weighted by molar-refractivity contribution is 6.05. The van der Waals surface area contributed by atoms with Crippen molar-refractivity contribution in [3.8, 4) is 0 Å². The predicted octanol–water partition coefficient (Wildman–Crippen LogP) is 1.36. The summed E-state index contributed by atoms with van der Waals surface area (Å²) in [7, 11) is 0. The number of anilines is 1. The van der Waals surface area contributed by atoms with Crippen molar-refractivity contribution in [3.63, 3.8) is 0 Å². The Hall–Kier alpha value is -2.08. The van der Waals surface area contributed by atoms with Gasteiger partial charge in [-0.05, 0) is 44.1 Å². The van der Waals surface area contributed by atoms with Crippen LogP contribution in [0.25, 0.3) is 10.9 Å². The van der Waals surface area contributed by atoms with Crippen molar-refractivity contribution in [2.24, 2.45) is 0 Å². The van der Waals surface area contributed by atoms with Gasteiger partial charge in [-0.25, -0.2) is 0 Å². The van der Waals surface area contributed by atoms with Crippen LogP contribution in [0.1, 0.15) is 30.3 Å². The van der Waals surface area contributed by atoms with E-state index in [0.29, 0.717) is 24.0 Å². The minimum atomic E-state index is -0.144. The van der Waals surface area contributed by atoms with E-state index in [0.717, 1.165) is 30.4 Å². The summed E-state index contributed by atoms with van der Waals surface area (Å²) in [6, 6.07) is 5.85. The molecule has 1 unspecified atom stereocenters. The van der Waals surface area contributed by atoms with E-state index in [1.165, 1.54) is 6.42 Å². The second-order valence-electron chi connectivity index (χ2n) is 5.51. The van der Waals surface area contributed by atoms with Gasteiger partial charge in [0.1, 0.15) is 0 Å². The van der Waals surface area contributed by atoms with E-state index in [2.05, 4.69) is 27.3 Å². The lowest BCUT2D eigenvalue weighted by atomic mass is 10.1. The summed E-state index contributed by atoms with van der Waals surface area (Å²) in [4.78, 5) is 14.7. The number of likely N-dealkylation sites (tertiary alicyclic amines) is 1. The summed E-state index contributed by atoms with van der Waals surface area (Å²) in [6.07, 6.45) is 2.35. The van der Waals surface area contributed by atoms with Crippen LogP contribution in [0.2, 0.25) is 0 Å². The standard InChI is InChI=1S/C15H21N5O/c1-2-20-7-3-4-11(20)9-17-15(21)14-12-8-10(16)5-6-13(12)18-19-14/h5-6,8,11H,2-4,7,9,16H2,1H3,(H,17,21)(H,18,19). The number of nitrogens with one attached hydrogen (secondary N) is 2. The average molecular weight is 287 g/mol. The molecule has 1 aliphatic rings. The number of rotatable bonds is 4. The smallest absolute Gasteiger partial charge is 0.272 e. The molecule has 6 nitrogen and oxygen atoms in total. The van der Waals surface area contributed by atoms with Crippen molar-refractivity contribution in [3.05, 3.63) is 23.9 Å². The maximum Gasteiger partial charge on any atom is 0.272 e. The fourth-order valence-electron chi connectivity index (χ4n) is 3.04. The summed E-state index contributed by atoms with van der Waals surface area (Å²) >= 11 is 0. The van der Waals surface area contributed by atoms with E-state index in [1.54, 1.807) is 12.1 Å². The van der Waals surface area contributed by atoms with E-state index in [1.807, 2.05) is 6.07 Å². The molecule has 1 aromatic carbocycles. The van der Waals surface area contributed by atoms with Crippen molar-refractivity contribution < 1.29 is 4.79 Å². The van der Waals surface area contributed by atoms with Crippen LogP contribution >= 0.6 is 0 Å². The number of aromatic amines is 1. The third kappa shape index (κ3) is 2.71. The number of nitrogen functional groups attached to an aromatic ring is 1. The number of nitrogens with zero attached hydrogens (tertiary/aromatic N) is 2. The van der Waals surface area contributed by atoms with Crippen molar-refractivity contribution in [1.29, 1.82) is 0 Å². The van der Waals surface area contributed by atoms with E-state index >= 15 is 0 Å². The first-order chi connectivity index (χ1) is 10.2. The summed E-state index contributed by atoms with van der Waals surface area (Å²) in [5, 5.41) is 10.8. The second-order valence-corrected chi connectivity index (χ2v) is 5.51. The number of aromatic nitrogens is 2. The van der Waals surface area contributed by atoms with Crippen LogP contribution in [0.3, 0.4) is 0 Å². The lowest BCUT2D eigenvalue weighted by Crippen LogP contribution is -2.40. The number of nitrogens with two attached hydrogens (primary N) is 1. The monoisotopic (exact) mass is 287 g/mol. The van der Waals surface area contributed by atoms with Crippen molar-refractivity contribution >= 4 is 22.5 Å². The SMILES string of the molecule is CCN1CCCC1CNC(=O)c1n[nH]c2ccc(N)cc12. The van der Waals surface area contributed by atoms with Gasteiger partial charge in [-0.15, -0.1) is 0 Å². The van der Waals surface area contributed by atoms with Crippen molar-refractivity contribution in [2.75, 3.05) is 25.4 Å². The Kier molecular flexibility index (Phi) is 3.79. The Morgan fingerprint density at radius 1 is 1.57 bits per heavy atom. The van der Waals surface area contributed by atoms with Gasteiger partial charge in [-0.2, -0.15) is 5.10 Å². The minimum Gasteiger partial charge on any atom is -0.399 e. The average Bonchev–Trinajstić information content (AvgIpc) is 3.10. The van der Waals surface area contributed by atoms with E-state index < -0.39 is 0 Å². The molecular weight excluding hydrogens is 266 g/mol. The zero-order chi connectivity index (χ0) is 14.8. The van der Waals surface area contributed by atoms with Crippen LogP contribution in [0.4, 0.5) is 5.69 Å². The van der Waals surface area contributed by atoms with Gasteiger partial charge in [-0.1, -0.05) is 6.92 Å². The number of benzene rings is 1. The molecule has 0 radical (unpaired) electrons. The van der Waals surface area contributed by atoms with E-state index in [4.69, 9.17) is 5.73 Å². The second kappa shape index (κ2) is 5.73. The molecule has 0 aliphatic carbocycles. The fraction of sp³-hybridized carbons (Fsp3) is 0.467. The Bertz CT molecular complexity index is 651. The first-order valence-corrected chi connectivity index (χ1v) is 7.45. The van der Waals surface area contributed by atoms with Crippen LogP contribution < -0.4 is 11.1 Å². The molecule has 2 heterocycles. The number of hydrogen-bond donors (Lipinski definition) is 3. The lowest BCUT2D eigenvalue weighted by molar-refractivity contribution is 0.0938. The fourth-order valence-corrected chi connectivity index (χ4v) is 3.04. The van der Waals surface area contributed by atoms with Crippen molar-refractivity contribution in [2.45, 2.75) is 25.8 Å². The normalized spacial score (nSPS) is 19.2. The molecule has 0 saturated carbocycles. The van der Waals surface area contributed by atoms with Crippen LogP contribution in [-0.2, 0) is 0 Å². The number of carbonyl (C=O) groups is 1. The van der Waals surface area contributed by atoms with Gasteiger partial charge in [-0.3, -0.25) is 14.8 Å². The third-order valence-corrected chi connectivity index (χ3v) is 4.21. The highest BCUT2D eigenvalue weighted by Crippen LogP contribution is 2.19. The topological polar surface area (TPSA) is 87.0 Å². The van der Waals surface area contributed by atoms with Gasteiger partial charge >= 0.3 is 0 Å². The molecule has 21 heavy (non-hydrogen) atoms. The first-order valence-electron chi connectivity index (χ1n) is 7.45.